The Bertz CT molecular complexity index is 2240. The predicted molar refractivity (Wildman–Crippen MR) is 219 cm³/mol. The van der Waals surface area contributed by atoms with Gasteiger partial charge in [-0.05, 0) is 95.6 Å². The van der Waals surface area contributed by atoms with Gasteiger partial charge in [-0.2, -0.15) is 5.26 Å². The van der Waals surface area contributed by atoms with Crippen molar-refractivity contribution in [2.24, 2.45) is 0 Å². The standard InChI is InChI=1S/C48H37N3O2/c49-37-41(48(52)53)18-10-5-3-1-2-4-9-17-38-25-31-45(32-26-38)51(44-23-15-8-16-24-44)47-35-29-40(30-36-47)39-27-33-46(34-28-39)50(42-19-11-6-12-20-42)43-21-13-7-14-22-43/h1-36H,(H,52,53). The number of para-hydroxylation sites is 3. The Morgan fingerprint density at radius 3 is 1.17 bits per heavy atom. The van der Waals surface area contributed by atoms with Gasteiger partial charge in [-0.25, -0.2) is 4.79 Å². The van der Waals surface area contributed by atoms with E-state index in [-0.39, 0.29) is 5.57 Å². The number of carbonyl (C=O) groups is 1. The van der Waals surface area contributed by atoms with E-state index in [1.54, 1.807) is 18.2 Å². The lowest BCUT2D eigenvalue weighted by molar-refractivity contribution is -0.132. The number of hydrogen-bond acceptors (Lipinski definition) is 4. The maximum absolute atomic E-state index is 10.8. The van der Waals surface area contributed by atoms with Crippen molar-refractivity contribution in [3.8, 4) is 17.2 Å². The molecular formula is C48H37N3O2. The normalized spacial score (nSPS) is 11.7. The summed E-state index contributed by atoms with van der Waals surface area (Å²) in [7, 11) is 0. The maximum atomic E-state index is 10.8. The molecule has 0 amide bonds. The molecule has 53 heavy (non-hydrogen) atoms. The molecule has 5 heteroatoms. The fourth-order valence-electron chi connectivity index (χ4n) is 5.76. The zero-order valence-corrected chi connectivity index (χ0v) is 29.0. The highest BCUT2D eigenvalue weighted by Gasteiger charge is 2.14. The van der Waals surface area contributed by atoms with Gasteiger partial charge in [0.05, 0.1) is 0 Å². The summed E-state index contributed by atoms with van der Waals surface area (Å²) in [6, 6.07) is 58.7. The Hall–Kier alpha value is -7.42. The smallest absolute Gasteiger partial charge is 0.346 e. The van der Waals surface area contributed by atoms with Crippen LogP contribution < -0.4 is 9.80 Å². The largest absolute Gasteiger partial charge is 0.477 e. The predicted octanol–water partition coefficient (Wildman–Crippen LogP) is 12.5. The van der Waals surface area contributed by atoms with Gasteiger partial charge in [-0.3, -0.25) is 0 Å². The third-order valence-electron chi connectivity index (χ3n) is 8.35. The van der Waals surface area contributed by atoms with Crippen molar-refractivity contribution in [1.29, 1.82) is 5.26 Å². The average molecular weight is 688 g/mol. The van der Waals surface area contributed by atoms with Crippen LogP contribution in [0.5, 0.6) is 0 Å². The molecule has 0 aromatic heterocycles. The molecule has 0 fully saturated rings. The number of carboxylic acids is 1. The van der Waals surface area contributed by atoms with E-state index in [1.807, 2.05) is 48.6 Å². The molecule has 1 N–H and O–H groups in total. The Morgan fingerprint density at radius 1 is 0.453 bits per heavy atom. The Morgan fingerprint density at radius 2 is 0.792 bits per heavy atom. The van der Waals surface area contributed by atoms with Crippen molar-refractivity contribution >= 4 is 46.2 Å². The van der Waals surface area contributed by atoms with Crippen LogP contribution in [0.15, 0.2) is 218 Å². The summed E-state index contributed by atoms with van der Waals surface area (Å²) >= 11 is 0. The number of nitriles is 1. The van der Waals surface area contributed by atoms with E-state index in [1.165, 1.54) is 12.2 Å². The minimum atomic E-state index is -1.24. The van der Waals surface area contributed by atoms with Crippen LogP contribution in [0.1, 0.15) is 5.56 Å². The lowest BCUT2D eigenvalue weighted by atomic mass is 10.0. The van der Waals surface area contributed by atoms with Crippen LogP contribution in [-0.2, 0) is 4.79 Å². The van der Waals surface area contributed by atoms with E-state index >= 15 is 0 Å². The van der Waals surface area contributed by atoms with Crippen LogP contribution in [0.4, 0.5) is 34.1 Å². The summed E-state index contributed by atoms with van der Waals surface area (Å²) in [4.78, 5) is 15.4. The van der Waals surface area contributed by atoms with E-state index < -0.39 is 5.97 Å². The van der Waals surface area contributed by atoms with Gasteiger partial charge in [0.2, 0.25) is 0 Å². The van der Waals surface area contributed by atoms with Crippen molar-refractivity contribution in [3.63, 3.8) is 0 Å². The Balaban J connectivity index is 1.16. The van der Waals surface area contributed by atoms with E-state index in [2.05, 4.69) is 155 Å². The average Bonchev–Trinajstić information content (AvgIpc) is 3.21. The third-order valence-corrected chi connectivity index (χ3v) is 8.35. The second-order valence-corrected chi connectivity index (χ2v) is 11.9. The third kappa shape index (κ3) is 9.43. The van der Waals surface area contributed by atoms with Crippen LogP contribution in [-0.4, -0.2) is 11.1 Å². The van der Waals surface area contributed by atoms with Gasteiger partial charge in [-0.1, -0.05) is 140 Å². The monoisotopic (exact) mass is 687 g/mol. The number of hydrogen-bond donors (Lipinski definition) is 1. The molecule has 0 aliphatic rings. The zero-order valence-electron chi connectivity index (χ0n) is 29.0. The van der Waals surface area contributed by atoms with E-state index in [4.69, 9.17) is 10.4 Å². The van der Waals surface area contributed by atoms with Gasteiger partial charge in [0.15, 0.2) is 0 Å². The molecule has 0 heterocycles. The van der Waals surface area contributed by atoms with Crippen LogP contribution in [0.3, 0.4) is 0 Å². The van der Waals surface area contributed by atoms with Gasteiger partial charge < -0.3 is 14.9 Å². The van der Waals surface area contributed by atoms with Crippen LogP contribution >= 0.6 is 0 Å². The fourth-order valence-corrected chi connectivity index (χ4v) is 5.76. The summed E-state index contributed by atoms with van der Waals surface area (Å²) in [5.74, 6) is -1.24. The molecule has 256 valence electrons. The van der Waals surface area contributed by atoms with Gasteiger partial charge in [0.25, 0.3) is 0 Å². The van der Waals surface area contributed by atoms with Gasteiger partial charge >= 0.3 is 5.97 Å². The second-order valence-electron chi connectivity index (χ2n) is 11.9. The van der Waals surface area contributed by atoms with E-state index in [0.717, 1.165) is 50.8 Å². The summed E-state index contributed by atoms with van der Waals surface area (Å²) in [5, 5.41) is 17.6. The topological polar surface area (TPSA) is 67.6 Å². The minimum Gasteiger partial charge on any atom is -0.477 e. The molecule has 0 radical (unpaired) electrons. The number of rotatable bonds is 13. The van der Waals surface area contributed by atoms with Gasteiger partial charge in [-0.15, -0.1) is 0 Å². The van der Waals surface area contributed by atoms with Crippen LogP contribution in [0.2, 0.25) is 0 Å². The summed E-state index contributed by atoms with van der Waals surface area (Å²) in [5.41, 5.74) is 9.54. The van der Waals surface area contributed by atoms with Crippen LogP contribution in [0, 0.1) is 11.3 Å². The van der Waals surface area contributed by atoms with Crippen molar-refractivity contribution in [2.75, 3.05) is 9.80 Å². The first-order valence-corrected chi connectivity index (χ1v) is 17.2. The number of anilines is 6. The molecule has 5 nitrogen and oxygen atoms in total. The van der Waals surface area contributed by atoms with Gasteiger partial charge in [0, 0.05) is 34.1 Å². The Kier molecular flexibility index (Phi) is 12.0. The fraction of sp³-hybridized carbons (Fsp3) is 0. The molecule has 0 spiro atoms. The number of allylic oxidation sites excluding steroid dienone is 8. The summed E-state index contributed by atoms with van der Waals surface area (Å²) in [6.45, 7) is 0. The second kappa shape index (κ2) is 18.0. The molecule has 6 aromatic rings. The first-order chi connectivity index (χ1) is 26.1. The van der Waals surface area contributed by atoms with Crippen molar-refractivity contribution < 1.29 is 9.90 Å². The minimum absolute atomic E-state index is 0.308. The first-order valence-electron chi connectivity index (χ1n) is 17.2. The SMILES string of the molecule is N#CC(=CC=CC=CC=CC=Cc1ccc(N(c2ccccc2)c2ccc(-c3ccc(N(c4ccccc4)c4ccccc4)cc3)cc2)cc1)C(=O)O. The van der Waals surface area contributed by atoms with Crippen molar-refractivity contribution in [3.05, 3.63) is 224 Å². The molecule has 6 rings (SSSR count). The molecule has 6 aromatic carbocycles. The highest BCUT2D eigenvalue weighted by molar-refractivity contribution is 5.91. The number of aliphatic carboxylic acids is 1. The van der Waals surface area contributed by atoms with Gasteiger partial charge in [0.1, 0.15) is 11.6 Å². The maximum Gasteiger partial charge on any atom is 0.346 e. The van der Waals surface area contributed by atoms with Crippen molar-refractivity contribution in [1.82, 2.24) is 0 Å². The lowest BCUT2D eigenvalue weighted by Crippen LogP contribution is -2.09. The number of benzene rings is 6. The molecule has 0 bridgehead atoms. The molecule has 0 aliphatic heterocycles. The quantitative estimate of drug-likeness (QED) is 0.0743. The van der Waals surface area contributed by atoms with E-state index in [9.17, 15) is 4.79 Å². The highest BCUT2D eigenvalue weighted by atomic mass is 16.4. The summed E-state index contributed by atoms with van der Waals surface area (Å²) < 4.78 is 0. The molecule has 0 unspecified atom stereocenters. The molecule has 0 atom stereocenters. The highest BCUT2D eigenvalue weighted by Crippen LogP contribution is 2.37. The lowest BCUT2D eigenvalue weighted by Gasteiger charge is -2.26. The first kappa shape index (κ1) is 35.4. The molecule has 0 saturated heterocycles. The number of nitrogens with zero attached hydrogens (tertiary/aromatic N) is 3. The Labute approximate surface area is 311 Å². The molecule has 0 saturated carbocycles. The summed E-state index contributed by atoms with van der Waals surface area (Å²) in [6.07, 6.45) is 15.8. The van der Waals surface area contributed by atoms with E-state index in [0.29, 0.717) is 0 Å². The molecule has 0 aliphatic carbocycles. The molecular weight excluding hydrogens is 651 g/mol. The van der Waals surface area contributed by atoms with Crippen LogP contribution in [0.25, 0.3) is 17.2 Å². The zero-order chi connectivity index (χ0) is 36.7. The van der Waals surface area contributed by atoms with Crippen molar-refractivity contribution in [2.45, 2.75) is 0 Å². The number of carboxylic acid groups (broad SMARTS) is 1.